The predicted molar refractivity (Wildman–Crippen MR) is 52.1 cm³/mol. The van der Waals surface area contributed by atoms with Gasteiger partial charge in [-0.2, -0.15) is 0 Å². The van der Waals surface area contributed by atoms with Crippen LogP contribution in [-0.2, 0) is 4.79 Å². The Morgan fingerprint density at radius 1 is 1.38 bits per heavy atom. The van der Waals surface area contributed by atoms with E-state index in [0.29, 0.717) is 5.92 Å². The molecule has 70 valence electrons. The molecule has 0 saturated carbocycles. The Morgan fingerprint density at radius 3 is 2.69 bits per heavy atom. The lowest BCUT2D eigenvalue weighted by molar-refractivity contribution is -0.109. The highest BCUT2D eigenvalue weighted by Crippen LogP contribution is 2.25. The summed E-state index contributed by atoms with van der Waals surface area (Å²) < 4.78 is 5.28. The molecule has 0 unspecified atom stereocenters. The average Bonchev–Trinajstić information content (AvgIpc) is 2.15. The van der Waals surface area contributed by atoms with Crippen molar-refractivity contribution in [3.05, 3.63) is 29.8 Å². The second-order valence-electron chi connectivity index (χ2n) is 3.17. The van der Waals surface area contributed by atoms with Gasteiger partial charge in [-0.1, -0.05) is 32.0 Å². The summed E-state index contributed by atoms with van der Waals surface area (Å²) in [6, 6.07) is 7.79. The van der Waals surface area contributed by atoms with Crippen molar-refractivity contribution in [2.24, 2.45) is 0 Å². The number of hydrogen-bond acceptors (Lipinski definition) is 2. The van der Waals surface area contributed by atoms with E-state index in [9.17, 15) is 4.79 Å². The van der Waals surface area contributed by atoms with Gasteiger partial charge in [0.2, 0.25) is 0 Å². The molecule has 2 heteroatoms. The lowest BCUT2D eigenvalue weighted by Crippen LogP contribution is -2.01. The maximum absolute atomic E-state index is 10.1. The van der Waals surface area contributed by atoms with Crippen LogP contribution in [-0.4, -0.2) is 12.9 Å². The standard InChI is InChI=1S/C11H14O2/c1-9(2)10-5-3-4-6-11(10)13-8-7-12/h3-7,9H,8H2,1-2H3. The summed E-state index contributed by atoms with van der Waals surface area (Å²) in [4.78, 5) is 10.1. The van der Waals surface area contributed by atoms with Gasteiger partial charge in [0.05, 0.1) is 0 Å². The molecule has 0 fully saturated rings. The lowest BCUT2D eigenvalue weighted by Gasteiger charge is -2.11. The monoisotopic (exact) mass is 178 g/mol. The van der Waals surface area contributed by atoms with Gasteiger partial charge in [0.1, 0.15) is 12.4 Å². The first-order valence-electron chi connectivity index (χ1n) is 4.41. The number of para-hydroxylation sites is 1. The molecule has 0 amide bonds. The summed E-state index contributed by atoms with van der Waals surface area (Å²) in [6.07, 6.45) is 0.761. The van der Waals surface area contributed by atoms with E-state index in [1.54, 1.807) is 0 Å². The number of benzene rings is 1. The highest BCUT2D eigenvalue weighted by atomic mass is 16.5. The van der Waals surface area contributed by atoms with Crippen LogP contribution in [0.3, 0.4) is 0 Å². The molecule has 2 nitrogen and oxygen atoms in total. The fraction of sp³-hybridized carbons (Fsp3) is 0.364. The quantitative estimate of drug-likeness (QED) is 0.662. The van der Waals surface area contributed by atoms with E-state index in [-0.39, 0.29) is 6.61 Å². The molecule has 0 N–H and O–H groups in total. The molecule has 0 heterocycles. The van der Waals surface area contributed by atoms with E-state index in [0.717, 1.165) is 17.6 Å². The first kappa shape index (κ1) is 9.78. The van der Waals surface area contributed by atoms with E-state index in [2.05, 4.69) is 13.8 Å². The van der Waals surface area contributed by atoms with E-state index in [1.807, 2.05) is 24.3 Å². The van der Waals surface area contributed by atoms with Crippen LogP contribution in [0.4, 0.5) is 0 Å². The number of carbonyl (C=O) groups excluding carboxylic acids is 1. The van der Waals surface area contributed by atoms with Crippen LogP contribution in [0.1, 0.15) is 25.3 Å². The molecule has 0 bridgehead atoms. The molecular formula is C11H14O2. The minimum Gasteiger partial charge on any atom is -0.486 e. The first-order chi connectivity index (χ1) is 6.25. The van der Waals surface area contributed by atoms with Gasteiger partial charge in [-0.05, 0) is 17.5 Å². The molecule has 1 rings (SSSR count). The largest absolute Gasteiger partial charge is 0.486 e. The van der Waals surface area contributed by atoms with Crippen molar-refractivity contribution in [1.29, 1.82) is 0 Å². The van der Waals surface area contributed by atoms with Crippen molar-refractivity contribution in [3.8, 4) is 5.75 Å². The van der Waals surface area contributed by atoms with E-state index in [4.69, 9.17) is 4.74 Å². The van der Waals surface area contributed by atoms with Crippen LogP contribution < -0.4 is 4.74 Å². The molecule has 0 saturated heterocycles. The van der Waals surface area contributed by atoms with Gasteiger partial charge >= 0.3 is 0 Å². The van der Waals surface area contributed by atoms with Gasteiger partial charge < -0.3 is 4.74 Å². The number of hydrogen-bond donors (Lipinski definition) is 0. The zero-order chi connectivity index (χ0) is 9.68. The van der Waals surface area contributed by atoms with Crippen LogP contribution in [0.5, 0.6) is 5.75 Å². The van der Waals surface area contributed by atoms with Crippen molar-refractivity contribution in [1.82, 2.24) is 0 Å². The topological polar surface area (TPSA) is 26.3 Å². The summed E-state index contributed by atoms with van der Waals surface area (Å²) in [6.45, 7) is 4.33. The summed E-state index contributed by atoms with van der Waals surface area (Å²) in [5.41, 5.74) is 1.14. The molecule has 0 radical (unpaired) electrons. The molecule has 0 aliphatic carbocycles. The maximum Gasteiger partial charge on any atom is 0.157 e. The van der Waals surface area contributed by atoms with Gasteiger partial charge in [0.15, 0.2) is 6.29 Å². The summed E-state index contributed by atoms with van der Waals surface area (Å²) in [7, 11) is 0. The van der Waals surface area contributed by atoms with Crippen LogP contribution in [0.2, 0.25) is 0 Å². The summed E-state index contributed by atoms with van der Waals surface area (Å²) in [5, 5.41) is 0. The third kappa shape index (κ3) is 2.58. The highest BCUT2D eigenvalue weighted by molar-refractivity contribution is 5.51. The number of ether oxygens (including phenoxy) is 1. The molecule has 0 spiro atoms. The highest BCUT2D eigenvalue weighted by Gasteiger charge is 2.05. The van der Waals surface area contributed by atoms with Crippen LogP contribution in [0.15, 0.2) is 24.3 Å². The van der Waals surface area contributed by atoms with E-state index >= 15 is 0 Å². The Balaban J connectivity index is 2.84. The zero-order valence-electron chi connectivity index (χ0n) is 7.99. The number of carbonyl (C=O) groups is 1. The molecule has 0 aromatic heterocycles. The van der Waals surface area contributed by atoms with Crippen molar-refractivity contribution >= 4 is 6.29 Å². The lowest BCUT2D eigenvalue weighted by atomic mass is 10.0. The zero-order valence-corrected chi connectivity index (χ0v) is 7.99. The SMILES string of the molecule is CC(C)c1ccccc1OCC=O. The summed E-state index contributed by atoms with van der Waals surface area (Å²) in [5.74, 6) is 1.23. The van der Waals surface area contributed by atoms with E-state index < -0.39 is 0 Å². The molecule has 0 aliphatic heterocycles. The third-order valence-corrected chi connectivity index (χ3v) is 1.85. The fourth-order valence-corrected chi connectivity index (χ4v) is 1.21. The Morgan fingerprint density at radius 2 is 2.08 bits per heavy atom. The number of aldehydes is 1. The first-order valence-corrected chi connectivity index (χ1v) is 4.41. The Kier molecular flexibility index (Phi) is 3.50. The van der Waals surface area contributed by atoms with Gasteiger partial charge in [-0.25, -0.2) is 0 Å². The second-order valence-corrected chi connectivity index (χ2v) is 3.17. The predicted octanol–water partition coefficient (Wildman–Crippen LogP) is 2.39. The van der Waals surface area contributed by atoms with Gasteiger partial charge in [-0.15, -0.1) is 0 Å². The minimum atomic E-state index is 0.129. The van der Waals surface area contributed by atoms with Crippen LogP contribution in [0.25, 0.3) is 0 Å². The Labute approximate surface area is 78.5 Å². The van der Waals surface area contributed by atoms with E-state index in [1.165, 1.54) is 0 Å². The molecule has 0 atom stereocenters. The normalized spacial score (nSPS) is 10.1. The van der Waals surface area contributed by atoms with Gasteiger partial charge in [-0.3, -0.25) is 4.79 Å². The minimum absolute atomic E-state index is 0.129. The number of rotatable bonds is 4. The maximum atomic E-state index is 10.1. The fourth-order valence-electron chi connectivity index (χ4n) is 1.21. The molecule has 13 heavy (non-hydrogen) atoms. The average molecular weight is 178 g/mol. The van der Waals surface area contributed by atoms with Crippen molar-refractivity contribution < 1.29 is 9.53 Å². The van der Waals surface area contributed by atoms with Crippen LogP contribution in [0, 0.1) is 0 Å². The van der Waals surface area contributed by atoms with Crippen molar-refractivity contribution in [2.45, 2.75) is 19.8 Å². The Bertz CT molecular complexity index is 279. The third-order valence-electron chi connectivity index (χ3n) is 1.85. The van der Waals surface area contributed by atoms with Crippen molar-refractivity contribution in [2.75, 3.05) is 6.61 Å². The van der Waals surface area contributed by atoms with Crippen LogP contribution >= 0.6 is 0 Å². The Hall–Kier alpha value is -1.31. The molecule has 1 aromatic rings. The smallest absolute Gasteiger partial charge is 0.157 e. The van der Waals surface area contributed by atoms with Crippen molar-refractivity contribution in [3.63, 3.8) is 0 Å². The molecule has 0 aliphatic rings. The summed E-state index contributed by atoms with van der Waals surface area (Å²) >= 11 is 0. The van der Waals surface area contributed by atoms with Gasteiger partial charge in [0, 0.05) is 0 Å². The second kappa shape index (κ2) is 4.65. The van der Waals surface area contributed by atoms with Gasteiger partial charge in [0.25, 0.3) is 0 Å². The molecular weight excluding hydrogens is 164 g/mol. The molecule has 1 aromatic carbocycles.